The third kappa shape index (κ3) is 2.61. The number of methoxy groups -OCH3 is 1. The van der Waals surface area contributed by atoms with Crippen molar-refractivity contribution in [1.29, 1.82) is 0 Å². The maximum absolute atomic E-state index is 12.4. The number of hydrogen-bond donors (Lipinski definition) is 0. The maximum atomic E-state index is 12.4. The summed E-state index contributed by atoms with van der Waals surface area (Å²) in [5, 5.41) is 3.72. The van der Waals surface area contributed by atoms with Gasteiger partial charge in [-0.2, -0.15) is 8.78 Å². The fraction of sp³-hybridized carbons (Fsp3) is 0.231. The molecule has 1 aromatic heterocycles. The number of carbonyl (C=O) groups is 1. The monoisotopic (exact) mass is 283 g/mol. The maximum Gasteiger partial charge on any atom is 0.387 e. The molecule has 7 heteroatoms. The number of esters is 1. The summed E-state index contributed by atoms with van der Waals surface area (Å²) in [6.07, 6.45) is 0. The lowest BCUT2D eigenvalue weighted by Gasteiger charge is -2.09. The van der Waals surface area contributed by atoms with E-state index in [2.05, 4.69) is 14.6 Å². The number of carbonyl (C=O) groups excluding carboxylic acids is 1. The van der Waals surface area contributed by atoms with Crippen LogP contribution in [0.5, 0.6) is 5.75 Å². The van der Waals surface area contributed by atoms with Gasteiger partial charge in [0.2, 0.25) is 0 Å². The van der Waals surface area contributed by atoms with Crippen LogP contribution >= 0.6 is 0 Å². The van der Waals surface area contributed by atoms with Crippen molar-refractivity contribution in [2.24, 2.45) is 0 Å². The molecule has 0 aliphatic carbocycles. The summed E-state index contributed by atoms with van der Waals surface area (Å²) in [6, 6.07) is 6.00. The van der Waals surface area contributed by atoms with Crippen molar-refractivity contribution < 1.29 is 27.6 Å². The van der Waals surface area contributed by atoms with Gasteiger partial charge in [-0.15, -0.1) is 0 Å². The zero-order valence-corrected chi connectivity index (χ0v) is 10.7. The molecule has 0 fully saturated rings. The number of hydrogen-bond acceptors (Lipinski definition) is 5. The largest absolute Gasteiger partial charge is 0.465 e. The average Bonchev–Trinajstić information content (AvgIpc) is 2.79. The van der Waals surface area contributed by atoms with E-state index < -0.39 is 12.6 Å². The molecule has 5 nitrogen and oxygen atoms in total. The first-order valence-electron chi connectivity index (χ1n) is 5.63. The predicted molar refractivity (Wildman–Crippen MR) is 64.6 cm³/mol. The van der Waals surface area contributed by atoms with Gasteiger partial charge in [-0.1, -0.05) is 17.3 Å². The highest BCUT2D eigenvalue weighted by molar-refractivity contribution is 5.97. The van der Waals surface area contributed by atoms with E-state index in [1.807, 2.05) is 0 Å². The van der Waals surface area contributed by atoms with Crippen LogP contribution in [0.2, 0.25) is 0 Å². The summed E-state index contributed by atoms with van der Waals surface area (Å²) in [6.45, 7) is -1.45. The van der Waals surface area contributed by atoms with Crippen molar-refractivity contribution in [3.63, 3.8) is 0 Å². The molecular formula is C13H11F2NO4. The average molecular weight is 283 g/mol. The Morgan fingerprint density at radius 2 is 2.05 bits per heavy atom. The number of halogens is 2. The fourth-order valence-corrected chi connectivity index (χ4v) is 1.76. The molecule has 1 aromatic carbocycles. The van der Waals surface area contributed by atoms with Crippen LogP contribution in [0.1, 0.15) is 16.1 Å². The van der Waals surface area contributed by atoms with Crippen molar-refractivity contribution in [1.82, 2.24) is 5.16 Å². The molecule has 0 N–H and O–H groups in total. The smallest absolute Gasteiger partial charge is 0.387 e. The van der Waals surface area contributed by atoms with Crippen molar-refractivity contribution >= 4 is 5.97 Å². The van der Waals surface area contributed by atoms with Crippen LogP contribution in [0.3, 0.4) is 0 Å². The molecule has 0 unspecified atom stereocenters. The number of rotatable bonds is 4. The Morgan fingerprint density at radius 3 is 2.70 bits per heavy atom. The lowest BCUT2D eigenvalue weighted by molar-refractivity contribution is -0.0494. The third-order valence-corrected chi connectivity index (χ3v) is 2.61. The zero-order valence-electron chi connectivity index (χ0n) is 10.7. The van der Waals surface area contributed by atoms with Gasteiger partial charge in [0.25, 0.3) is 0 Å². The molecule has 0 saturated carbocycles. The Labute approximate surface area is 113 Å². The highest BCUT2D eigenvalue weighted by Crippen LogP contribution is 2.33. The zero-order chi connectivity index (χ0) is 14.7. The summed E-state index contributed by atoms with van der Waals surface area (Å²) in [4.78, 5) is 11.7. The Kier molecular flexibility index (Phi) is 3.97. The first-order valence-corrected chi connectivity index (χ1v) is 5.63. The van der Waals surface area contributed by atoms with Crippen molar-refractivity contribution in [3.8, 4) is 17.0 Å². The van der Waals surface area contributed by atoms with E-state index in [4.69, 9.17) is 4.52 Å². The number of ether oxygens (including phenoxy) is 2. The Balaban J connectivity index is 2.55. The third-order valence-electron chi connectivity index (χ3n) is 2.61. The Morgan fingerprint density at radius 1 is 1.35 bits per heavy atom. The van der Waals surface area contributed by atoms with E-state index in [0.29, 0.717) is 0 Å². The van der Waals surface area contributed by atoms with Gasteiger partial charge in [-0.05, 0) is 19.1 Å². The van der Waals surface area contributed by atoms with Crippen molar-refractivity contribution in [3.05, 3.63) is 35.6 Å². The van der Waals surface area contributed by atoms with Crippen LogP contribution < -0.4 is 4.74 Å². The molecule has 106 valence electrons. The number of para-hydroxylation sites is 1. The van der Waals surface area contributed by atoms with Gasteiger partial charge in [0.15, 0.2) is 0 Å². The molecule has 2 rings (SSSR count). The minimum Gasteiger partial charge on any atom is -0.465 e. The van der Waals surface area contributed by atoms with Crippen LogP contribution in [0.4, 0.5) is 8.78 Å². The first kappa shape index (κ1) is 14.0. The number of aryl methyl sites for hydroxylation is 1. The topological polar surface area (TPSA) is 61.6 Å². The standard InChI is InChI=1S/C13H11F2NO4/c1-7-10(12(17)18-2)11(16-20-7)8-5-3-4-6-9(8)19-13(14)15/h3-6,13H,1-2H3. The fourth-order valence-electron chi connectivity index (χ4n) is 1.76. The molecular weight excluding hydrogens is 272 g/mol. The molecule has 0 amide bonds. The minimum atomic E-state index is -2.98. The van der Waals surface area contributed by atoms with Gasteiger partial charge < -0.3 is 14.0 Å². The second-order valence-electron chi connectivity index (χ2n) is 3.83. The molecule has 0 aliphatic rings. The van der Waals surface area contributed by atoms with E-state index >= 15 is 0 Å². The van der Waals surface area contributed by atoms with Crippen molar-refractivity contribution in [2.75, 3.05) is 7.11 Å². The highest BCUT2D eigenvalue weighted by Gasteiger charge is 2.24. The number of nitrogens with zero attached hydrogens (tertiary/aromatic N) is 1. The SMILES string of the molecule is COC(=O)c1c(-c2ccccc2OC(F)F)noc1C. The quantitative estimate of drug-likeness (QED) is 0.807. The van der Waals surface area contributed by atoms with Crippen molar-refractivity contribution in [2.45, 2.75) is 13.5 Å². The van der Waals surface area contributed by atoms with Gasteiger partial charge >= 0.3 is 12.6 Å². The first-order chi connectivity index (χ1) is 9.54. The molecule has 0 aliphatic heterocycles. The minimum absolute atomic E-state index is 0.0813. The Bertz CT molecular complexity index is 625. The van der Waals surface area contributed by atoms with E-state index in [0.717, 1.165) is 0 Å². The lowest BCUT2D eigenvalue weighted by atomic mass is 10.1. The Hall–Kier alpha value is -2.44. The summed E-state index contributed by atoms with van der Waals surface area (Å²) < 4.78 is 38.8. The summed E-state index contributed by atoms with van der Waals surface area (Å²) in [5.41, 5.74) is 0.411. The summed E-state index contributed by atoms with van der Waals surface area (Å²) in [7, 11) is 1.21. The molecule has 0 saturated heterocycles. The number of aromatic nitrogens is 1. The van der Waals surface area contributed by atoms with E-state index in [-0.39, 0.29) is 28.3 Å². The van der Waals surface area contributed by atoms with E-state index in [1.54, 1.807) is 6.07 Å². The van der Waals surface area contributed by atoms with Gasteiger partial charge in [-0.25, -0.2) is 4.79 Å². The molecule has 0 atom stereocenters. The molecule has 0 bridgehead atoms. The molecule has 2 aromatic rings. The predicted octanol–water partition coefficient (Wildman–Crippen LogP) is 3.04. The van der Waals surface area contributed by atoms with Gasteiger partial charge in [0.05, 0.1) is 7.11 Å². The normalized spacial score (nSPS) is 10.7. The summed E-state index contributed by atoms with van der Waals surface area (Å²) in [5.74, 6) is -0.523. The number of alkyl halides is 2. The molecule has 0 spiro atoms. The molecule has 0 radical (unpaired) electrons. The van der Waals surface area contributed by atoms with Crippen LogP contribution in [-0.2, 0) is 4.74 Å². The van der Waals surface area contributed by atoms with Gasteiger partial charge in [0, 0.05) is 5.56 Å². The van der Waals surface area contributed by atoms with Crippen LogP contribution in [0.25, 0.3) is 11.3 Å². The van der Waals surface area contributed by atoms with E-state index in [9.17, 15) is 13.6 Å². The summed E-state index contributed by atoms with van der Waals surface area (Å²) >= 11 is 0. The highest BCUT2D eigenvalue weighted by atomic mass is 19.3. The second-order valence-corrected chi connectivity index (χ2v) is 3.83. The van der Waals surface area contributed by atoms with Crippen LogP contribution in [-0.4, -0.2) is 24.8 Å². The van der Waals surface area contributed by atoms with Crippen LogP contribution in [0.15, 0.2) is 28.8 Å². The van der Waals surface area contributed by atoms with Gasteiger partial charge in [0.1, 0.15) is 22.8 Å². The van der Waals surface area contributed by atoms with Gasteiger partial charge in [-0.3, -0.25) is 0 Å². The second kappa shape index (κ2) is 5.68. The number of benzene rings is 1. The lowest BCUT2D eigenvalue weighted by Crippen LogP contribution is -2.06. The molecule has 1 heterocycles. The molecule has 20 heavy (non-hydrogen) atoms. The van der Waals surface area contributed by atoms with Crippen LogP contribution in [0, 0.1) is 6.92 Å². The van der Waals surface area contributed by atoms with E-state index in [1.165, 1.54) is 32.2 Å².